The molecule has 17 heavy (non-hydrogen) atoms. The van der Waals surface area contributed by atoms with Gasteiger partial charge < -0.3 is 9.47 Å². The van der Waals surface area contributed by atoms with Crippen molar-refractivity contribution in [1.29, 1.82) is 0 Å². The van der Waals surface area contributed by atoms with Crippen LogP contribution in [0.2, 0.25) is 0 Å². The van der Waals surface area contributed by atoms with Gasteiger partial charge in [-0.25, -0.2) is 0 Å². The van der Waals surface area contributed by atoms with E-state index >= 15 is 0 Å². The SMILES string of the molecule is CCC=CC(CC)OC(OC(=O)CC)C(C)C. The molecule has 0 rings (SSSR count). The van der Waals surface area contributed by atoms with Crippen LogP contribution in [0.25, 0.3) is 0 Å². The smallest absolute Gasteiger partial charge is 0.307 e. The maximum atomic E-state index is 11.3. The zero-order valence-electron chi connectivity index (χ0n) is 11.7. The molecule has 0 aliphatic heterocycles. The van der Waals surface area contributed by atoms with Crippen molar-refractivity contribution >= 4 is 5.97 Å². The quantitative estimate of drug-likeness (QED) is 0.370. The van der Waals surface area contributed by atoms with Gasteiger partial charge in [0, 0.05) is 12.3 Å². The summed E-state index contributed by atoms with van der Waals surface area (Å²) < 4.78 is 11.1. The van der Waals surface area contributed by atoms with Crippen molar-refractivity contribution in [1.82, 2.24) is 0 Å². The Balaban J connectivity index is 4.40. The molecular formula is C14H26O3. The normalized spacial score (nSPS) is 15.2. The molecule has 2 atom stereocenters. The highest BCUT2D eigenvalue weighted by Gasteiger charge is 2.20. The lowest BCUT2D eigenvalue weighted by Crippen LogP contribution is -2.30. The number of esters is 1. The molecule has 0 amide bonds. The molecule has 0 N–H and O–H groups in total. The minimum Gasteiger partial charge on any atom is -0.435 e. The first-order chi connectivity index (χ1) is 8.04. The average Bonchev–Trinajstić information content (AvgIpc) is 2.32. The fourth-order valence-electron chi connectivity index (χ4n) is 1.27. The molecule has 2 unspecified atom stereocenters. The van der Waals surface area contributed by atoms with Crippen LogP contribution >= 0.6 is 0 Å². The lowest BCUT2D eigenvalue weighted by atomic mass is 10.2. The number of rotatable bonds is 8. The third kappa shape index (κ3) is 7.16. The highest BCUT2D eigenvalue weighted by molar-refractivity contribution is 5.68. The topological polar surface area (TPSA) is 35.5 Å². The molecule has 0 aliphatic rings. The summed E-state index contributed by atoms with van der Waals surface area (Å²) >= 11 is 0. The lowest BCUT2D eigenvalue weighted by Gasteiger charge is -2.25. The molecule has 0 fully saturated rings. The standard InChI is InChI=1S/C14H26O3/c1-6-9-10-12(7-2)16-14(11(4)5)17-13(15)8-3/h9-12,14H,6-8H2,1-5H3. The summed E-state index contributed by atoms with van der Waals surface area (Å²) in [6.45, 7) is 9.91. The van der Waals surface area contributed by atoms with Gasteiger partial charge in [-0.3, -0.25) is 4.79 Å². The zero-order valence-corrected chi connectivity index (χ0v) is 11.7. The predicted molar refractivity (Wildman–Crippen MR) is 69.6 cm³/mol. The fraction of sp³-hybridized carbons (Fsp3) is 0.786. The van der Waals surface area contributed by atoms with Crippen LogP contribution in [-0.2, 0) is 14.3 Å². The van der Waals surface area contributed by atoms with E-state index in [4.69, 9.17) is 9.47 Å². The Bertz CT molecular complexity index is 234. The van der Waals surface area contributed by atoms with Gasteiger partial charge in [0.15, 0.2) is 0 Å². The van der Waals surface area contributed by atoms with E-state index in [9.17, 15) is 4.79 Å². The molecule has 0 aliphatic carbocycles. The molecule has 0 heterocycles. The molecular weight excluding hydrogens is 216 g/mol. The van der Waals surface area contributed by atoms with E-state index in [2.05, 4.69) is 19.9 Å². The predicted octanol–water partition coefficient (Wildman–Crippen LogP) is 3.68. The summed E-state index contributed by atoms with van der Waals surface area (Å²) in [5, 5.41) is 0. The number of ether oxygens (including phenoxy) is 2. The Hall–Kier alpha value is -0.830. The molecule has 0 radical (unpaired) electrons. The van der Waals surface area contributed by atoms with Gasteiger partial charge in [-0.05, 0) is 12.8 Å². The molecule has 0 spiro atoms. The van der Waals surface area contributed by atoms with Crippen LogP contribution in [0.3, 0.4) is 0 Å². The highest BCUT2D eigenvalue weighted by Crippen LogP contribution is 2.14. The van der Waals surface area contributed by atoms with Crippen molar-refractivity contribution in [2.45, 2.75) is 66.3 Å². The Morgan fingerprint density at radius 3 is 2.29 bits per heavy atom. The van der Waals surface area contributed by atoms with Crippen LogP contribution in [0, 0.1) is 5.92 Å². The van der Waals surface area contributed by atoms with E-state index in [-0.39, 0.29) is 18.0 Å². The van der Waals surface area contributed by atoms with Crippen LogP contribution < -0.4 is 0 Å². The van der Waals surface area contributed by atoms with E-state index < -0.39 is 6.29 Å². The van der Waals surface area contributed by atoms with Crippen molar-refractivity contribution in [2.75, 3.05) is 0 Å². The van der Waals surface area contributed by atoms with Crippen LogP contribution in [0.15, 0.2) is 12.2 Å². The van der Waals surface area contributed by atoms with E-state index in [0.717, 1.165) is 12.8 Å². The van der Waals surface area contributed by atoms with Crippen molar-refractivity contribution in [3.63, 3.8) is 0 Å². The third-order valence-electron chi connectivity index (χ3n) is 2.38. The minimum atomic E-state index is -0.450. The molecule has 0 bridgehead atoms. The van der Waals surface area contributed by atoms with Gasteiger partial charge in [-0.15, -0.1) is 0 Å². The third-order valence-corrected chi connectivity index (χ3v) is 2.38. The van der Waals surface area contributed by atoms with Gasteiger partial charge in [0.2, 0.25) is 6.29 Å². The van der Waals surface area contributed by atoms with Crippen molar-refractivity contribution in [2.24, 2.45) is 5.92 Å². The van der Waals surface area contributed by atoms with Gasteiger partial charge in [0.05, 0.1) is 6.10 Å². The first kappa shape index (κ1) is 16.2. The summed E-state index contributed by atoms with van der Waals surface area (Å²) in [5.74, 6) is -0.0485. The maximum absolute atomic E-state index is 11.3. The highest BCUT2D eigenvalue weighted by atomic mass is 16.7. The van der Waals surface area contributed by atoms with Gasteiger partial charge >= 0.3 is 5.97 Å². The molecule has 0 aromatic carbocycles. The Morgan fingerprint density at radius 2 is 1.88 bits per heavy atom. The first-order valence-corrected chi connectivity index (χ1v) is 6.56. The number of hydrogen-bond donors (Lipinski definition) is 0. The van der Waals surface area contributed by atoms with Crippen LogP contribution in [0.4, 0.5) is 0 Å². The van der Waals surface area contributed by atoms with Gasteiger partial charge in [0.1, 0.15) is 0 Å². The summed E-state index contributed by atoms with van der Waals surface area (Å²) in [4.78, 5) is 11.3. The molecule has 3 heteroatoms. The van der Waals surface area contributed by atoms with Gasteiger partial charge in [0.25, 0.3) is 0 Å². The second kappa shape index (κ2) is 9.23. The van der Waals surface area contributed by atoms with Crippen LogP contribution in [0.1, 0.15) is 53.9 Å². The Labute approximate surface area is 105 Å². The fourth-order valence-corrected chi connectivity index (χ4v) is 1.27. The summed E-state index contributed by atoms with van der Waals surface area (Å²) in [6.07, 6.45) is 5.93. The maximum Gasteiger partial charge on any atom is 0.307 e. The molecule has 0 aromatic heterocycles. The molecule has 0 saturated heterocycles. The van der Waals surface area contributed by atoms with E-state index in [1.54, 1.807) is 6.92 Å². The Morgan fingerprint density at radius 1 is 1.24 bits per heavy atom. The van der Waals surface area contributed by atoms with Crippen molar-refractivity contribution in [3.05, 3.63) is 12.2 Å². The minimum absolute atomic E-state index is 0.0204. The molecule has 100 valence electrons. The number of carbonyl (C=O) groups is 1. The lowest BCUT2D eigenvalue weighted by molar-refractivity contribution is -0.196. The second-order valence-corrected chi connectivity index (χ2v) is 4.38. The van der Waals surface area contributed by atoms with Gasteiger partial charge in [-0.1, -0.05) is 46.8 Å². The molecule has 0 saturated carbocycles. The average molecular weight is 242 g/mol. The second-order valence-electron chi connectivity index (χ2n) is 4.38. The van der Waals surface area contributed by atoms with E-state index in [1.165, 1.54) is 0 Å². The summed E-state index contributed by atoms with van der Waals surface area (Å²) in [6, 6.07) is 0. The summed E-state index contributed by atoms with van der Waals surface area (Å²) in [7, 11) is 0. The largest absolute Gasteiger partial charge is 0.435 e. The first-order valence-electron chi connectivity index (χ1n) is 6.56. The molecule has 0 aromatic rings. The molecule has 3 nitrogen and oxygen atoms in total. The van der Waals surface area contributed by atoms with Crippen LogP contribution in [0.5, 0.6) is 0 Å². The number of hydrogen-bond acceptors (Lipinski definition) is 3. The van der Waals surface area contributed by atoms with Gasteiger partial charge in [-0.2, -0.15) is 0 Å². The van der Waals surface area contributed by atoms with Crippen molar-refractivity contribution < 1.29 is 14.3 Å². The summed E-state index contributed by atoms with van der Waals surface area (Å²) in [5.41, 5.74) is 0. The van der Waals surface area contributed by atoms with Crippen molar-refractivity contribution in [3.8, 4) is 0 Å². The monoisotopic (exact) mass is 242 g/mol. The Kier molecular flexibility index (Phi) is 8.78. The number of allylic oxidation sites excluding steroid dienone is 1. The van der Waals surface area contributed by atoms with E-state index in [0.29, 0.717) is 6.42 Å². The zero-order chi connectivity index (χ0) is 13.3. The number of carbonyl (C=O) groups excluding carboxylic acids is 1. The van der Waals surface area contributed by atoms with E-state index in [1.807, 2.05) is 19.9 Å². The van der Waals surface area contributed by atoms with Crippen LogP contribution in [-0.4, -0.2) is 18.4 Å².